The molecule has 2 aliphatic carbocycles. The van der Waals surface area contributed by atoms with Gasteiger partial charge in [0.25, 0.3) is 0 Å². The molecule has 0 aromatic carbocycles. The molecule has 3 atom stereocenters. The van der Waals surface area contributed by atoms with Gasteiger partial charge >= 0.3 is 0 Å². The third-order valence-corrected chi connectivity index (χ3v) is 4.54. The summed E-state index contributed by atoms with van der Waals surface area (Å²) >= 11 is 0. The van der Waals surface area contributed by atoms with Crippen molar-refractivity contribution in [1.82, 2.24) is 10.2 Å². The SMILES string of the molecule is Cl.Cl.NC1CCCC1C(=O)NC1CCN(C2CC2)C1. The molecule has 4 nitrogen and oxygen atoms in total. The molecule has 1 amide bonds. The number of hydrogen-bond donors (Lipinski definition) is 2. The van der Waals surface area contributed by atoms with Crippen LogP contribution in [0.5, 0.6) is 0 Å². The largest absolute Gasteiger partial charge is 0.352 e. The van der Waals surface area contributed by atoms with Crippen LogP contribution in [-0.4, -0.2) is 42.0 Å². The summed E-state index contributed by atoms with van der Waals surface area (Å²) in [5.74, 6) is 0.280. The summed E-state index contributed by atoms with van der Waals surface area (Å²) in [6.45, 7) is 2.21. The molecular formula is C13H25Cl2N3O. The highest BCUT2D eigenvalue weighted by molar-refractivity contribution is 5.85. The fraction of sp³-hybridized carbons (Fsp3) is 0.923. The summed E-state index contributed by atoms with van der Waals surface area (Å²) in [5, 5.41) is 3.20. The molecular weight excluding hydrogens is 285 g/mol. The molecule has 0 aromatic heterocycles. The molecule has 1 heterocycles. The molecule has 1 saturated heterocycles. The van der Waals surface area contributed by atoms with Crippen molar-refractivity contribution in [3.8, 4) is 0 Å². The highest BCUT2D eigenvalue weighted by Gasteiger charge is 2.36. The van der Waals surface area contributed by atoms with Crippen molar-refractivity contribution >= 4 is 30.7 Å². The summed E-state index contributed by atoms with van der Waals surface area (Å²) < 4.78 is 0. The van der Waals surface area contributed by atoms with Crippen molar-refractivity contribution in [2.75, 3.05) is 13.1 Å². The van der Waals surface area contributed by atoms with Crippen LogP contribution < -0.4 is 11.1 Å². The third-order valence-electron chi connectivity index (χ3n) is 4.54. The Bertz CT molecular complexity index is 312. The molecule has 19 heavy (non-hydrogen) atoms. The lowest BCUT2D eigenvalue weighted by atomic mass is 10.0. The Labute approximate surface area is 127 Å². The predicted octanol–water partition coefficient (Wildman–Crippen LogP) is 1.31. The van der Waals surface area contributed by atoms with Crippen LogP contribution in [0.4, 0.5) is 0 Å². The first-order chi connectivity index (χ1) is 8.24. The molecule has 3 unspecified atom stereocenters. The first-order valence-corrected chi connectivity index (χ1v) is 7.04. The maximum Gasteiger partial charge on any atom is 0.224 e. The Morgan fingerprint density at radius 2 is 1.84 bits per heavy atom. The maximum atomic E-state index is 12.1. The second-order valence-corrected chi connectivity index (χ2v) is 5.92. The summed E-state index contributed by atoms with van der Waals surface area (Å²) in [5.41, 5.74) is 5.97. The molecule has 0 spiro atoms. The van der Waals surface area contributed by atoms with Crippen LogP contribution in [0, 0.1) is 5.92 Å². The van der Waals surface area contributed by atoms with Crippen LogP contribution in [0.25, 0.3) is 0 Å². The number of rotatable bonds is 3. The number of halogens is 2. The minimum absolute atomic E-state index is 0. The minimum Gasteiger partial charge on any atom is -0.352 e. The summed E-state index contributed by atoms with van der Waals surface area (Å²) in [7, 11) is 0. The Morgan fingerprint density at radius 1 is 1.11 bits per heavy atom. The maximum absolute atomic E-state index is 12.1. The lowest BCUT2D eigenvalue weighted by molar-refractivity contribution is -0.125. The topological polar surface area (TPSA) is 58.4 Å². The first-order valence-electron chi connectivity index (χ1n) is 7.04. The Hall–Kier alpha value is -0.0300. The number of nitrogens with one attached hydrogen (secondary N) is 1. The number of hydrogen-bond acceptors (Lipinski definition) is 3. The molecule has 3 fully saturated rings. The second-order valence-electron chi connectivity index (χ2n) is 5.92. The van der Waals surface area contributed by atoms with Gasteiger partial charge < -0.3 is 11.1 Å². The van der Waals surface area contributed by atoms with Gasteiger partial charge in [0.05, 0.1) is 5.92 Å². The van der Waals surface area contributed by atoms with Gasteiger partial charge in [-0.1, -0.05) is 6.42 Å². The van der Waals surface area contributed by atoms with E-state index < -0.39 is 0 Å². The van der Waals surface area contributed by atoms with E-state index in [2.05, 4.69) is 10.2 Å². The number of nitrogens with two attached hydrogens (primary N) is 1. The summed E-state index contributed by atoms with van der Waals surface area (Å²) in [6.07, 6.45) is 6.92. The van der Waals surface area contributed by atoms with Crippen molar-refractivity contribution in [1.29, 1.82) is 0 Å². The fourth-order valence-electron chi connectivity index (χ4n) is 3.30. The van der Waals surface area contributed by atoms with E-state index in [1.165, 1.54) is 12.8 Å². The average molecular weight is 310 g/mol. The van der Waals surface area contributed by atoms with Gasteiger partial charge in [-0.15, -0.1) is 24.8 Å². The van der Waals surface area contributed by atoms with E-state index in [0.29, 0.717) is 6.04 Å². The zero-order valence-corrected chi connectivity index (χ0v) is 12.8. The molecule has 112 valence electrons. The number of nitrogens with zero attached hydrogens (tertiary/aromatic N) is 1. The van der Waals surface area contributed by atoms with E-state index in [1.54, 1.807) is 0 Å². The lowest BCUT2D eigenvalue weighted by Gasteiger charge is -2.19. The number of carbonyl (C=O) groups is 1. The summed E-state index contributed by atoms with van der Waals surface area (Å²) in [4.78, 5) is 14.6. The van der Waals surface area contributed by atoms with Gasteiger partial charge in [0.1, 0.15) is 0 Å². The standard InChI is InChI=1S/C13H23N3O.2ClH/c14-12-3-1-2-11(12)13(17)15-9-6-7-16(8-9)10-4-5-10;;/h9-12H,1-8,14H2,(H,15,17);2*1H. The highest BCUT2D eigenvalue weighted by Crippen LogP contribution is 2.30. The van der Waals surface area contributed by atoms with Crippen LogP contribution >= 0.6 is 24.8 Å². The number of amides is 1. The highest BCUT2D eigenvalue weighted by atomic mass is 35.5. The molecule has 3 N–H and O–H groups in total. The molecule has 6 heteroatoms. The van der Waals surface area contributed by atoms with Crippen molar-refractivity contribution in [2.45, 2.75) is 56.7 Å². The normalized spacial score (nSPS) is 34.5. The van der Waals surface area contributed by atoms with Crippen LogP contribution in [-0.2, 0) is 4.79 Å². The van der Waals surface area contributed by atoms with Crippen molar-refractivity contribution in [3.05, 3.63) is 0 Å². The van der Waals surface area contributed by atoms with Gasteiger partial charge in [-0.3, -0.25) is 9.69 Å². The van der Waals surface area contributed by atoms with Gasteiger partial charge in [0.2, 0.25) is 5.91 Å². The van der Waals surface area contributed by atoms with E-state index >= 15 is 0 Å². The van der Waals surface area contributed by atoms with Crippen LogP contribution in [0.1, 0.15) is 38.5 Å². The van der Waals surface area contributed by atoms with E-state index in [0.717, 1.165) is 44.8 Å². The van der Waals surface area contributed by atoms with Crippen molar-refractivity contribution in [2.24, 2.45) is 11.7 Å². The van der Waals surface area contributed by atoms with E-state index in [4.69, 9.17) is 5.73 Å². The Kier molecular flexibility index (Phi) is 6.37. The number of likely N-dealkylation sites (tertiary alicyclic amines) is 1. The smallest absolute Gasteiger partial charge is 0.224 e. The summed E-state index contributed by atoms with van der Waals surface area (Å²) in [6, 6.07) is 1.29. The zero-order chi connectivity index (χ0) is 11.8. The van der Waals surface area contributed by atoms with Crippen LogP contribution in [0.3, 0.4) is 0 Å². The third kappa shape index (κ3) is 3.97. The molecule has 1 aliphatic heterocycles. The predicted molar refractivity (Wildman–Crippen MR) is 81.0 cm³/mol. The fourth-order valence-corrected chi connectivity index (χ4v) is 3.30. The van der Waals surface area contributed by atoms with Crippen LogP contribution in [0.15, 0.2) is 0 Å². The van der Waals surface area contributed by atoms with Gasteiger partial charge in [0.15, 0.2) is 0 Å². The molecule has 3 aliphatic rings. The van der Waals surface area contributed by atoms with E-state index in [1.807, 2.05) is 0 Å². The molecule has 0 bridgehead atoms. The quantitative estimate of drug-likeness (QED) is 0.826. The second kappa shape index (κ2) is 7.11. The average Bonchev–Trinajstić information content (AvgIpc) is 2.90. The molecule has 3 rings (SSSR count). The number of carbonyl (C=O) groups excluding carboxylic acids is 1. The van der Waals surface area contributed by atoms with E-state index in [-0.39, 0.29) is 42.7 Å². The van der Waals surface area contributed by atoms with Gasteiger partial charge in [-0.25, -0.2) is 0 Å². The monoisotopic (exact) mass is 309 g/mol. The molecule has 2 saturated carbocycles. The van der Waals surface area contributed by atoms with Gasteiger partial charge in [0, 0.05) is 31.2 Å². The van der Waals surface area contributed by atoms with Gasteiger partial charge in [-0.2, -0.15) is 0 Å². The minimum atomic E-state index is 0. The zero-order valence-electron chi connectivity index (χ0n) is 11.2. The molecule has 0 aromatic rings. The van der Waals surface area contributed by atoms with Crippen LogP contribution in [0.2, 0.25) is 0 Å². The van der Waals surface area contributed by atoms with Gasteiger partial charge in [-0.05, 0) is 32.1 Å². The van der Waals surface area contributed by atoms with Crippen molar-refractivity contribution in [3.63, 3.8) is 0 Å². The first kappa shape index (κ1) is 17.0. The van der Waals surface area contributed by atoms with Crippen molar-refractivity contribution < 1.29 is 4.79 Å². The van der Waals surface area contributed by atoms with E-state index in [9.17, 15) is 4.79 Å². The Balaban J connectivity index is 0.000000902. The lowest BCUT2D eigenvalue weighted by Crippen LogP contribution is -2.44. The molecule has 0 radical (unpaired) electrons. The Morgan fingerprint density at radius 3 is 2.42 bits per heavy atom.